The largest absolute Gasteiger partial charge is 0.472 e. The summed E-state index contributed by atoms with van der Waals surface area (Å²) >= 11 is 0. The molecule has 0 aliphatic rings. The number of carbonyl (C=O) groups is 3. The molecule has 0 spiro atoms. The molecule has 0 radical (unpaired) electrons. The molecule has 5 unspecified atom stereocenters. The minimum absolute atomic E-state index is 0.0820. The normalized spacial score (nSPS) is 14.7. The van der Waals surface area contributed by atoms with Gasteiger partial charge in [-0.15, -0.1) is 0 Å². The van der Waals surface area contributed by atoms with E-state index in [4.69, 9.17) is 32.3 Å². The van der Waals surface area contributed by atoms with Crippen LogP contribution in [0.2, 0.25) is 0 Å². The highest BCUT2D eigenvalue weighted by Crippen LogP contribution is 2.45. The van der Waals surface area contributed by atoms with Gasteiger partial charge in [-0.3, -0.25) is 32.5 Å². The van der Waals surface area contributed by atoms with Crippen LogP contribution in [0.3, 0.4) is 0 Å². The quantitative estimate of drug-likeness (QED) is 0.0146. The summed E-state index contributed by atoms with van der Waals surface area (Å²) < 4.78 is 61.3. The van der Waals surface area contributed by atoms with Crippen molar-refractivity contribution in [2.45, 2.75) is 360 Å². The van der Waals surface area contributed by atoms with E-state index >= 15 is 0 Å². The van der Waals surface area contributed by atoms with Crippen LogP contribution < -0.4 is 0 Å². The number of allylic oxidation sites excluding steroid dienone is 26. The zero-order valence-corrected chi connectivity index (χ0v) is 70.2. The summed E-state index contributed by atoms with van der Waals surface area (Å²) in [6, 6.07) is 0. The third kappa shape index (κ3) is 83.9. The maximum atomic E-state index is 13.0. The van der Waals surface area contributed by atoms with E-state index in [1.54, 1.807) is 0 Å². The van der Waals surface area contributed by atoms with E-state index in [1.807, 2.05) is 0 Å². The molecule has 16 nitrogen and oxygen atoms in total. The molecule has 624 valence electrons. The van der Waals surface area contributed by atoms with E-state index in [9.17, 15) is 43.5 Å². The summed E-state index contributed by atoms with van der Waals surface area (Å²) in [7, 11) is -9.81. The van der Waals surface area contributed by atoms with Gasteiger partial charge in [0.15, 0.2) is 6.10 Å². The Labute approximate surface area is 663 Å². The average molecular weight is 1570 g/mol. The molecule has 0 amide bonds. The Kier molecular flexibility index (Phi) is 79.0. The Balaban J connectivity index is 4.52. The molecule has 18 heteroatoms. The van der Waals surface area contributed by atoms with Crippen LogP contribution in [-0.4, -0.2) is 95.9 Å². The van der Waals surface area contributed by atoms with Crippen molar-refractivity contribution in [3.8, 4) is 0 Å². The number of hydrogen-bond donors (Lipinski definition) is 4. The van der Waals surface area contributed by atoms with E-state index in [0.717, 1.165) is 173 Å². The first kappa shape index (κ1) is 104. The lowest BCUT2D eigenvalue weighted by molar-refractivity contribution is -0.161. The second kappa shape index (κ2) is 82.6. The van der Waals surface area contributed by atoms with Crippen molar-refractivity contribution in [1.29, 1.82) is 0 Å². The number of aliphatic hydroxyl groups excluding tert-OH is 2. The van der Waals surface area contributed by atoms with Gasteiger partial charge >= 0.3 is 33.6 Å². The van der Waals surface area contributed by atoms with E-state index in [2.05, 4.69) is 179 Å². The van der Waals surface area contributed by atoms with E-state index in [-0.39, 0.29) is 19.3 Å². The van der Waals surface area contributed by atoms with Gasteiger partial charge in [-0.2, -0.15) is 0 Å². The third-order valence-electron chi connectivity index (χ3n) is 17.7. The molecule has 0 aliphatic heterocycles. The number of hydrogen-bond acceptors (Lipinski definition) is 14. The van der Waals surface area contributed by atoms with Gasteiger partial charge < -0.3 is 34.2 Å². The highest BCUT2D eigenvalue weighted by Gasteiger charge is 2.29. The molecule has 109 heavy (non-hydrogen) atoms. The number of phosphoric acid groups is 2. The third-order valence-corrected chi connectivity index (χ3v) is 19.6. The van der Waals surface area contributed by atoms with Crippen LogP contribution in [0.5, 0.6) is 0 Å². The van der Waals surface area contributed by atoms with Crippen molar-refractivity contribution in [2.24, 2.45) is 0 Å². The van der Waals surface area contributed by atoms with Gasteiger partial charge in [0.1, 0.15) is 25.4 Å². The summed E-state index contributed by atoms with van der Waals surface area (Å²) in [4.78, 5) is 58.8. The van der Waals surface area contributed by atoms with Crippen LogP contribution in [0.4, 0.5) is 0 Å². The molecule has 0 saturated heterocycles. The van der Waals surface area contributed by atoms with Gasteiger partial charge in [-0.1, -0.05) is 339 Å². The molecule has 0 bridgehead atoms. The maximum Gasteiger partial charge on any atom is 0.472 e. The molecular weight excluding hydrogens is 1410 g/mol. The first-order valence-electron chi connectivity index (χ1n) is 42.8. The number of aliphatic hydroxyl groups is 2. The van der Waals surface area contributed by atoms with Crippen LogP contribution in [0.25, 0.3) is 0 Å². The van der Waals surface area contributed by atoms with Crippen molar-refractivity contribution in [3.05, 3.63) is 158 Å². The fourth-order valence-electron chi connectivity index (χ4n) is 11.3. The van der Waals surface area contributed by atoms with Gasteiger partial charge in [0.25, 0.3) is 0 Å². The van der Waals surface area contributed by atoms with Crippen molar-refractivity contribution in [1.82, 2.24) is 0 Å². The molecule has 0 rings (SSSR count). The summed E-state index contributed by atoms with van der Waals surface area (Å²) in [5.74, 6) is -1.59. The second-order valence-corrected chi connectivity index (χ2v) is 31.1. The van der Waals surface area contributed by atoms with E-state index < -0.39 is 91.5 Å². The lowest BCUT2D eigenvalue weighted by Crippen LogP contribution is -2.30. The molecule has 4 N–H and O–H groups in total. The molecule has 0 saturated carbocycles. The number of carbonyl (C=O) groups excluding carboxylic acids is 3. The molecule has 0 aromatic carbocycles. The number of unbranched alkanes of at least 4 members (excludes halogenated alkanes) is 31. The first-order chi connectivity index (χ1) is 53.2. The standard InChI is InChI=1S/C91H154O16P2/c1-4-7-10-13-16-19-22-25-28-30-32-34-36-38-40-42-44-46-48-50-52-54-57-59-62-65-68-71-74-77-89(94)101-80-86(92)81-103-108(97,98)104-82-87(93)83-105-109(99,100)106-85-88(107-91(96)79-76-73-70-67-64-61-56-27-24-21-18-15-12-9-6-3)84-102-90(95)78-75-72-69-66-63-60-58-55-53-51-49-47-45-43-41-39-37-35-33-31-29-26-23-20-17-14-11-8-5-2/h7-12,16-21,25-29,32-35,38-41,56,86-88,92-93H,4-6,13-15,22-24,30-31,36-37,42-55,57-85H2,1-3H3,(H,97,98)(H,99,100)/b10-7-,11-8-,12-9-,19-16-,20-17-,21-18-,28-25-,29-26-,34-32-,35-33-,40-38-,41-39-,56-27-. The van der Waals surface area contributed by atoms with Crippen LogP contribution in [0.1, 0.15) is 342 Å². The minimum atomic E-state index is -4.94. The molecule has 0 heterocycles. The minimum Gasteiger partial charge on any atom is -0.463 e. The lowest BCUT2D eigenvalue weighted by atomic mass is 10.0. The fraction of sp³-hybridized carbons (Fsp3) is 0.681. The van der Waals surface area contributed by atoms with Crippen molar-refractivity contribution < 1.29 is 75.8 Å². The van der Waals surface area contributed by atoms with Gasteiger partial charge in [-0.25, -0.2) is 9.13 Å². The van der Waals surface area contributed by atoms with Gasteiger partial charge in [0.2, 0.25) is 0 Å². The molecule has 0 aromatic heterocycles. The highest BCUT2D eigenvalue weighted by atomic mass is 31.2. The predicted molar refractivity (Wildman–Crippen MR) is 454 cm³/mol. The van der Waals surface area contributed by atoms with Crippen molar-refractivity contribution >= 4 is 33.6 Å². The summed E-state index contributed by atoms with van der Waals surface area (Å²) in [6.45, 7) is 2.34. The molecular formula is C91H154O16P2. The number of rotatable bonds is 80. The van der Waals surface area contributed by atoms with E-state index in [0.29, 0.717) is 19.3 Å². The van der Waals surface area contributed by atoms with Crippen LogP contribution in [0.15, 0.2) is 158 Å². The summed E-state index contributed by atoms with van der Waals surface area (Å²) in [6.07, 6.45) is 104. The Morgan fingerprint density at radius 2 is 0.459 bits per heavy atom. The number of esters is 3. The maximum absolute atomic E-state index is 13.0. The topological polar surface area (TPSA) is 231 Å². The monoisotopic (exact) mass is 1570 g/mol. The smallest absolute Gasteiger partial charge is 0.463 e. The number of phosphoric ester groups is 2. The highest BCUT2D eigenvalue weighted by molar-refractivity contribution is 7.47. The molecule has 0 aromatic rings. The van der Waals surface area contributed by atoms with Crippen LogP contribution >= 0.6 is 15.6 Å². The fourth-order valence-corrected chi connectivity index (χ4v) is 12.9. The zero-order valence-electron chi connectivity index (χ0n) is 68.4. The average Bonchev–Trinajstić information content (AvgIpc) is 0.903. The second-order valence-electron chi connectivity index (χ2n) is 28.2. The van der Waals surface area contributed by atoms with E-state index in [1.165, 1.54) is 109 Å². The summed E-state index contributed by atoms with van der Waals surface area (Å²) in [5.41, 5.74) is 0. The van der Waals surface area contributed by atoms with Gasteiger partial charge in [0, 0.05) is 19.3 Å². The Morgan fingerprint density at radius 1 is 0.257 bits per heavy atom. The molecule has 0 aliphatic carbocycles. The van der Waals surface area contributed by atoms with Crippen LogP contribution in [-0.2, 0) is 55.8 Å². The first-order valence-corrected chi connectivity index (χ1v) is 45.8. The Bertz CT molecular complexity index is 2610. The van der Waals surface area contributed by atoms with Crippen molar-refractivity contribution in [2.75, 3.05) is 39.6 Å². The zero-order chi connectivity index (χ0) is 79.4. The van der Waals surface area contributed by atoms with Gasteiger partial charge in [-0.05, 0) is 141 Å². The van der Waals surface area contributed by atoms with Crippen molar-refractivity contribution in [3.63, 3.8) is 0 Å². The molecule has 5 atom stereocenters. The SMILES string of the molecule is CC/C=C\C/C=C\C/C=C\C/C=C\C/C=C\CCCCCCCCCCCCCCCC(=O)OCC(O)COP(=O)(O)OCC(O)COP(=O)(O)OCC(COC(=O)CCCCCCCCCCCCCCC/C=C\C/C=C\C/C=C\C/C=C\C/C=C\CC)OC(=O)CCCCCCC/C=C\C/C=C\C/C=C\CC. The van der Waals surface area contributed by atoms with Crippen LogP contribution in [0, 0.1) is 0 Å². The Hall–Kier alpha value is -4.83. The Morgan fingerprint density at radius 3 is 0.725 bits per heavy atom. The summed E-state index contributed by atoms with van der Waals surface area (Å²) in [5, 5.41) is 20.7. The lowest BCUT2D eigenvalue weighted by Gasteiger charge is -2.21. The molecule has 0 fully saturated rings. The number of ether oxygens (including phenoxy) is 3. The predicted octanol–water partition coefficient (Wildman–Crippen LogP) is 25.8. The van der Waals surface area contributed by atoms with Gasteiger partial charge in [0.05, 0.1) is 26.4 Å².